The minimum absolute atomic E-state index is 0.0236. The topological polar surface area (TPSA) is 116 Å². The molecule has 0 spiro atoms. The van der Waals surface area contributed by atoms with Crippen molar-refractivity contribution in [3.8, 4) is 11.3 Å². The number of sulfonamides is 1. The molecule has 8 heteroatoms. The average Bonchev–Trinajstić information content (AvgIpc) is 3.13. The number of fused-ring (bicyclic) bond motifs is 1. The Morgan fingerprint density at radius 2 is 1.77 bits per heavy atom. The monoisotopic (exact) mass is 440 g/mol. The fourth-order valence-electron chi connectivity index (χ4n) is 4.25. The summed E-state index contributed by atoms with van der Waals surface area (Å²) in [5.74, 6) is -2.61. The Bertz CT molecular complexity index is 1270. The van der Waals surface area contributed by atoms with Crippen LogP contribution in [0.3, 0.4) is 0 Å². The van der Waals surface area contributed by atoms with Crippen molar-refractivity contribution < 1.29 is 23.1 Å². The molecule has 0 amide bonds. The first-order valence-corrected chi connectivity index (χ1v) is 11.8. The third-order valence-corrected chi connectivity index (χ3v) is 7.48. The summed E-state index contributed by atoms with van der Waals surface area (Å²) in [4.78, 5) is 27.2. The predicted octanol–water partition coefficient (Wildman–Crippen LogP) is 4.02. The van der Waals surface area contributed by atoms with Crippen molar-refractivity contribution >= 4 is 32.7 Å². The quantitative estimate of drug-likeness (QED) is 0.395. The first-order valence-electron chi connectivity index (χ1n) is 10.3. The molecule has 4 rings (SSSR count). The van der Waals surface area contributed by atoms with E-state index in [1.54, 1.807) is 43.3 Å². The van der Waals surface area contributed by atoms with Gasteiger partial charge in [0, 0.05) is 22.5 Å². The maximum Gasteiger partial charge on any atom is 0.377 e. The molecule has 3 aromatic rings. The van der Waals surface area contributed by atoms with Crippen LogP contribution >= 0.6 is 0 Å². The molecule has 0 aliphatic heterocycles. The number of hydrogen-bond donors (Lipinski definition) is 3. The van der Waals surface area contributed by atoms with Gasteiger partial charge in [-0.25, -0.2) is 17.9 Å². The van der Waals surface area contributed by atoms with E-state index in [1.165, 1.54) is 6.07 Å². The van der Waals surface area contributed by atoms with Gasteiger partial charge in [-0.2, -0.15) is 0 Å². The van der Waals surface area contributed by atoms with E-state index in [2.05, 4.69) is 9.71 Å². The van der Waals surface area contributed by atoms with E-state index < -0.39 is 21.8 Å². The van der Waals surface area contributed by atoms with Crippen LogP contribution in [0.4, 0.5) is 0 Å². The number of Topliss-reactive ketones (excluding diaryl/α,β-unsaturated/α-hetero) is 1. The Kier molecular flexibility index (Phi) is 5.68. The smallest absolute Gasteiger partial charge is 0.377 e. The van der Waals surface area contributed by atoms with Gasteiger partial charge < -0.3 is 10.1 Å². The van der Waals surface area contributed by atoms with Gasteiger partial charge in [0.15, 0.2) is 0 Å². The van der Waals surface area contributed by atoms with Crippen molar-refractivity contribution in [2.75, 3.05) is 0 Å². The van der Waals surface area contributed by atoms with Gasteiger partial charge >= 0.3 is 5.97 Å². The Labute approximate surface area is 180 Å². The number of aryl methyl sites for hydroxylation is 1. The van der Waals surface area contributed by atoms with E-state index in [4.69, 9.17) is 0 Å². The minimum atomic E-state index is -3.77. The molecule has 1 fully saturated rings. The van der Waals surface area contributed by atoms with E-state index in [0.29, 0.717) is 27.7 Å². The molecule has 1 aliphatic rings. The first kappa shape index (κ1) is 21.3. The molecule has 1 aromatic heterocycles. The summed E-state index contributed by atoms with van der Waals surface area (Å²) in [5, 5.41) is 9.81. The van der Waals surface area contributed by atoms with Crippen LogP contribution in [0.2, 0.25) is 0 Å². The van der Waals surface area contributed by atoms with E-state index >= 15 is 0 Å². The number of hydrogen-bond acceptors (Lipinski definition) is 4. The van der Waals surface area contributed by atoms with Crippen molar-refractivity contribution in [2.24, 2.45) is 0 Å². The summed E-state index contributed by atoms with van der Waals surface area (Å²) in [5.41, 5.74) is 1.94. The number of rotatable bonds is 6. The second-order valence-electron chi connectivity index (χ2n) is 7.99. The van der Waals surface area contributed by atoms with Crippen LogP contribution in [0.25, 0.3) is 22.2 Å². The lowest BCUT2D eigenvalue weighted by Gasteiger charge is -2.23. The van der Waals surface area contributed by atoms with Gasteiger partial charge in [-0.3, -0.25) is 4.79 Å². The number of aliphatic carboxylic acids is 1. The molecule has 2 aromatic carbocycles. The highest BCUT2D eigenvalue weighted by molar-refractivity contribution is 7.89. The zero-order valence-corrected chi connectivity index (χ0v) is 18.0. The Morgan fingerprint density at radius 3 is 2.48 bits per heavy atom. The molecule has 0 atom stereocenters. The zero-order chi connectivity index (χ0) is 22.2. The number of aromatic nitrogens is 1. The lowest BCUT2D eigenvalue weighted by Crippen LogP contribution is -2.36. The molecule has 0 saturated heterocycles. The minimum Gasteiger partial charge on any atom is -0.475 e. The molecule has 1 heterocycles. The standard InChI is InChI=1S/C23H24N2O5S/c1-14-11-12-15(13-19(14)31(29,30)25-16-7-3-2-4-8-16)21-20(22(26)23(27)28)17-9-5-6-10-18(17)24-21/h5-6,9-13,16,24-25H,2-4,7-8H2,1H3,(H,27,28). The maximum absolute atomic E-state index is 13.1. The van der Waals surface area contributed by atoms with Crippen LogP contribution in [0.1, 0.15) is 48.0 Å². The van der Waals surface area contributed by atoms with Crippen molar-refractivity contribution in [3.63, 3.8) is 0 Å². The molecular formula is C23H24N2O5S. The second-order valence-corrected chi connectivity index (χ2v) is 9.67. The molecular weight excluding hydrogens is 416 g/mol. The van der Waals surface area contributed by atoms with Crippen molar-refractivity contribution in [2.45, 2.75) is 50.0 Å². The fraction of sp³-hybridized carbons (Fsp3) is 0.304. The lowest BCUT2D eigenvalue weighted by molar-refractivity contribution is -0.131. The van der Waals surface area contributed by atoms with E-state index in [9.17, 15) is 23.1 Å². The van der Waals surface area contributed by atoms with Gasteiger partial charge in [-0.05, 0) is 37.5 Å². The third-order valence-electron chi connectivity index (χ3n) is 5.82. The first-order chi connectivity index (χ1) is 14.8. The van der Waals surface area contributed by atoms with Gasteiger partial charge in [0.05, 0.1) is 16.2 Å². The SMILES string of the molecule is Cc1ccc(-c2[nH]c3ccccc3c2C(=O)C(=O)O)cc1S(=O)(=O)NC1CCCCC1. The lowest BCUT2D eigenvalue weighted by atomic mass is 9.96. The molecule has 0 unspecified atom stereocenters. The molecule has 1 aliphatic carbocycles. The van der Waals surface area contributed by atoms with Crippen LogP contribution in [-0.2, 0) is 14.8 Å². The van der Waals surface area contributed by atoms with Gasteiger partial charge in [-0.15, -0.1) is 0 Å². The van der Waals surface area contributed by atoms with E-state index in [-0.39, 0.29) is 16.5 Å². The van der Waals surface area contributed by atoms with Crippen LogP contribution < -0.4 is 4.72 Å². The van der Waals surface area contributed by atoms with Crippen LogP contribution in [0.5, 0.6) is 0 Å². The van der Waals surface area contributed by atoms with E-state index in [0.717, 1.165) is 32.1 Å². The summed E-state index contributed by atoms with van der Waals surface area (Å²) in [7, 11) is -3.77. The van der Waals surface area contributed by atoms with Gasteiger partial charge in [-0.1, -0.05) is 49.6 Å². The van der Waals surface area contributed by atoms with Gasteiger partial charge in [0.1, 0.15) is 0 Å². The number of para-hydroxylation sites is 1. The zero-order valence-electron chi connectivity index (χ0n) is 17.1. The van der Waals surface area contributed by atoms with Crippen LogP contribution in [-0.4, -0.2) is 36.3 Å². The largest absolute Gasteiger partial charge is 0.475 e. The number of carbonyl (C=O) groups excluding carboxylic acids is 1. The summed E-state index contributed by atoms with van der Waals surface area (Å²) in [6.45, 7) is 1.72. The molecule has 0 bridgehead atoms. The molecule has 162 valence electrons. The Hall–Kier alpha value is -2.97. The number of carbonyl (C=O) groups is 2. The molecule has 31 heavy (non-hydrogen) atoms. The normalized spacial score (nSPS) is 15.3. The second kappa shape index (κ2) is 8.28. The number of H-pyrrole nitrogens is 1. The Morgan fingerprint density at radius 1 is 1.06 bits per heavy atom. The number of benzene rings is 2. The van der Waals surface area contributed by atoms with Crippen molar-refractivity contribution in [1.82, 2.24) is 9.71 Å². The molecule has 0 radical (unpaired) electrons. The predicted molar refractivity (Wildman–Crippen MR) is 118 cm³/mol. The van der Waals surface area contributed by atoms with E-state index in [1.807, 2.05) is 0 Å². The average molecular weight is 441 g/mol. The summed E-state index contributed by atoms with van der Waals surface area (Å²) < 4.78 is 29.1. The van der Waals surface area contributed by atoms with Crippen LogP contribution in [0.15, 0.2) is 47.4 Å². The van der Waals surface area contributed by atoms with Crippen LogP contribution in [0, 0.1) is 6.92 Å². The summed E-state index contributed by atoms with van der Waals surface area (Å²) >= 11 is 0. The molecule has 1 saturated carbocycles. The third kappa shape index (κ3) is 4.13. The number of aromatic amines is 1. The fourth-order valence-corrected chi connectivity index (χ4v) is 5.83. The Balaban J connectivity index is 1.82. The van der Waals surface area contributed by atoms with Gasteiger partial charge in [0.25, 0.3) is 5.78 Å². The number of carboxylic acids is 1. The molecule has 3 N–H and O–H groups in total. The van der Waals surface area contributed by atoms with Crippen molar-refractivity contribution in [3.05, 3.63) is 53.6 Å². The number of carboxylic acid groups (broad SMARTS) is 1. The number of nitrogens with one attached hydrogen (secondary N) is 2. The highest BCUT2D eigenvalue weighted by atomic mass is 32.2. The highest BCUT2D eigenvalue weighted by Crippen LogP contribution is 2.33. The summed E-state index contributed by atoms with van der Waals surface area (Å²) in [6, 6.07) is 11.7. The number of ketones is 1. The molecule has 7 nitrogen and oxygen atoms in total. The van der Waals surface area contributed by atoms with Crippen molar-refractivity contribution in [1.29, 1.82) is 0 Å². The summed E-state index contributed by atoms with van der Waals surface area (Å²) in [6.07, 6.45) is 4.76. The van der Waals surface area contributed by atoms with Gasteiger partial charge in [0.2, 0.25) is 10.0 Å². The highest BCUT2D eigenvalue weighted by Gasteiger charge is 2.27. The maximum atomic E-state index is 13.1.